The van der Waals surface area contributed by atoms with Gasteiger partial charge in [0.1, 0.15) is 17.1 Å². The van der Waals surface area contributed by atoms with E-state index in [1.54, 1.807) is 21.1 Å². The molecule has 5 aromatic rings. The number of ether oxygens (including phenoxy) is 2. The number of fused-ring (bicyclic) bond motifs is 1. The van der Waals surface area contributed by atoms with Gasteiger partial charge in [0.2, 0.25) is 0 Å². The predicted octanol–water partition coefficient (Wildman–Crippen LogP) is 6.56. The second-order valence-electron chi connectivity index (χ2n) is 8.10. The van der Waals surface area contributed by atoms with Gasteiger partial charge in [-0.2, -0.15) is 0 Å². The molecule has 0 aliphatic carbocycles. The summed E-state index contributed by atoms with van der Waals surface area (Å²) in [5, 5.41) is 0. The number of nitrogens with zero attached hydrogens (tertiary/aromatic N) is 2. The monoisotopic (exact) mass is 448 g/mol. The van der Waals surface area contributed by atoms with Crippen molar-refractivity contribution in [2.75, 3.05) is 14.2 Å². The number of rotatable bonds is 6. The quantitative estimate of drug-likeness (QED) is 0.276. The lowest BCUT2D eigenvalue weighted by atomic mass is 9.99. The van der Waals surface area contributed by atoms with Gasteiger partial charge in [-0.1, -0.05) is 54.6 Å². The van der Waals surface area contributed by atoms with Crippen LogP contribution in [0.4, 0.5) is 0 Å². The third-order valence-corrected chi connectivity index (χ3v) is 5.91. The topological polar surface area (TPSA) is 52.8 Å². The van der Waals surface area contributed by atoms with Crippen LogP contribution in [0.15, 0.2) is 91.3 Å². The van der Waals surface area contributed by atoms with Crippen molar-refractivity contribution < 1.29 is 14.3 Å². The van der Waals surface area contributed by atoms with Crippen LogP contribution in [-0.4, -0.2) is 29.4 Å². The van der Waals surface area contributed by atoms with E-state index in [1.165, 1.54) is 0 Å². The van der Waals surface area contributed by atoms with Gasteiger partial charge >= 0.3 is 0 Å². The fourth-order valence-corrected chi connectivity index (χ4v) is 4.08. The van der Waals surface area contributed by atoms with E-state index in [0.29, 0.717) is 5.56 Å². The van der Waals surface area contributed by atoms with Crippen molar-refractivity contribution in [1.29, 1.82) is 0 Å². The van der Waals surface area contributed by atoms with Gasteiger partial charge in [0.15, 0.2) is 5.78 Å². The van der Waals surface area contributed by atoms with E-state index < -0.39 is 0 Å². The van der Waals surface area contributed by atoms with Crippen LogP contribution in [0.25, 0.3) is 39.2 Å². The van der Waals surface area contributed by atoms with Crippen molar-refractivity contribution in [1.82, 2.24) is 9.38 Å². The lowest BCUT2D eigenvalue weighted by Gasteiger charge is -2.12. The molecule has 168 valence electrons. The molecule has 5 rings (SSSR count). The van der Waals surface area contributed by atoms with Crippen molar-refractivity contribution in [3.63, 3.8) is 0 Å². The Morgan fingerprint density at radius 2 is 1.41 bits per heavy atom. The molecule has 0 radical (unpaired) electrons. The molecule has 0 aliphatic heterocycles. The summed E-state index contributed by atoms with van der Waals surface area (Å²) in [7, 11) is 3.29. The molecule has 0 atom stereocenters. The van der Waals surface area contributed by atoms with Crippen LogP contribution < -0.4 is 9.47 Å². The maximum absolute atomic E-state index is 11.8. The SMILES string of the molecule is COc1cc(OC)cc(-c2cc(-c3ccc(C(C)=O)cc3)c3nc(-c4ccccc4)cn3c2)c1. The molecule has 0 aliphatic rings. The Morgan fingerprint density at radius 1 is 0.735 bits per heavy atom. The Hall–Kier alpha value is -4.38. The Bertz CT molecular complexity index is 1460. The van der Waals surface area contributed by atoms with Crippen molar-refractivity contribution in [2.45, 2.75) is 6.92 Å². The van der Waals surface area contributed by atoms with Crippen LogP contribution in [0, 0.1) is 0 Å². The molecule has 0 unspecified atom stereocenters. The molecule has 0 fully saturated rings. The lowest BCUT2D eigenvalue weighted by Crippen LogP contribution is -1.94. The van der Waals surface area contributed by atoms with Crippen molar-refractivity contribution in [2.24, 2.45) is 0 Å². The van der Waals surface area contributed by atoms with Crippen molar-refractivity contribution in [3.05, 3.63) is 96.8 Å². The molecule has 5 heteroatoms. The second-order valence-corrected chi connectivity index (χ2v) is 8.10. The number of methoxy groups -OCH3 is 2. The van der Waals surface area contributed by atoms with Crippen LogP contribution in [0.2, 0.25) is 0 Å². The molecule has 2 aromatic heterocycles. The smallest absolute Gasteiger partial charge is 0.159 e. The summed E-state index contributed by atoms with van der Waals surface area (Å²) in [6.45, 7) is 1.57. The number of benzene rings is 3. The van der Waals surface area contributed by atoms with E-state index in [-0.39, 0.29) is 5.78 Å². The van der Waals surface area contributed by atoms with E-state index in [4.69, 9.17) is 14.5 Å². The van der Waals surface area contributed by atoms with E-state index in [1.807, 2.05) is 66.9 Å². The van der Waals surface area contributed by atoms with Gasteiger partial charge in [-0.3, -0.25) is 4.79 Å². The highest BCUT2D eigenvalue weighted by Crippen LogP contribution is 2.35. The fourth-order valence-electron chi connectivity index (χ4n) is 4.08. The van der Waals surface area contributed by atoms with Crippen LogP contribution in [0.1, 0.15) is 17.3 Å². The summed E-state index contributed by atoms with van der Waals surface area (Å²) < 4.78 is 13.0. The molecule has 0 N–H and O–H groups in total. The number of carbonyl (C=O) groups is 1. The van der Waals surface area contributed by atoms with Gasteiger partial charge in [0.05, 0.1) is 19.9 Å². The molecule has 0 amide bonds. The number of carbonyl (C=O) groups excluding carboxylic acids is 1. The Balaban J connectivity index is 1.74. The largest absolute Gasteiger partial charge is 0.497 e. The second kappa shape index (κ2) is 8.87. The summed E-state index contributed by atoms with van der Waals surface area (Å²) in [6, 6.07) is 25.7. The first-order chi connectivity index (χ1) is 16.6. The minimum Gasteiger partial charge on any atom is -0.497 e. The third-order valence-electron chi connectivity index (χ3n) is 5.91. The van der Waals surface area contributed by atoms with Crippen molar-refractivity contribution >= 4 is 11.4 Å². The van der Waals surface area contributed by atoms with E-state index in [2.05, 4.69) is 28.8 Å². The zero-order valence-electron chi connectivity index (χ0n) is 19.3. The highest BCUT2D eigenvalue weighted by molar-refractivity contribution is 5.95. The number of hydrogen-bond donors (Lipinski definition) is 0. The number of hydrogen-bond acceptors (Lipinski definition) is 4. The molecule has 2 heterocycles. The number of pyridine rings is 1. The van der Waals surface area contributed by atoms with Crippen LogP contribution in [-0.2, 0) is 0 Å². The van der Waals surface area contributed by atoms with Gasteiger partial charge in [-0.05, 0) is 41.8 Å². The molecule has 0 bridgehead atoms. The molecule has 0 spiro atoms. The average Bonchev–Trinajstić information content (AvgIpc) is 3.32. The number of aromatic nitrogens is 2. The lowest BCUT2D eigenvalue weighted by molar-refractivity contribution is 0.101. The van der Waals surface area contributed by atoms with Gasteiger partial charge in [0, 0.05) is 35.2 Å². The number of Topliss-reactive ketones (excluding diaryl/α,β-unsaturated/α-hetero) is 1. The van der Waals surface area contributed by atoms with E-state index in [9.17, 15) is 4.79 Å². The molecule has 5 nitrogen and oxygen atoms in total. The zero-order valence-corrected chi connectivity index (χ0v) is 19.3. The summed E-state index contributed by atoms with van der Waals surface area (Å²) in [4.78, 5) is 16.8. The van der Waals surface area contributed by atoms with Crippen LogP contribution in [0.5, 0.6) is 11.5 Å². The van der Waals surface area contributed by atoms with E-state index in [0.717, 1.165) is 50.7 Å². The zero-order chi connectivity index (χ0) is 23.7. The molecular formula is C29H24N2O3. The Labute approximate surface area is 198 Å². The fraction of sp³-hybridized carbons (Fsp3) is 0.103. The molecule has 0 saturated carbocycles. The van der Waals surface area contributed by atoms with Gasteiger partial charge < -0.3 is 13.9 Å². The Kier molecular flexibility index (Phi) is 5.60. The first-order valence-electron chi connectivity index (χ1n) is 11.0. The maximum atomic E-state index is 11.8. The molecule has 3 aromatic carbocycles. The summed E-state index contributed by atoms with van der Waals surface area (Å²) in [5.41, 5.74) is 7.38. The summed E-state index contributed by atoms with van der Waals surface area (Å²) in [5.74, 6) is 1.48. The molecule has 34 heavy (non-hydrogen) atoms. The highest BCUT2D eigenvalue weighted by Gasteiger charge is 2.14. The molecule has 0 saturated heterocycles. The third kappa shape index (κ3) is 4.04. The standard InChI is InChI=1S/C29H24N2O3/c1-19(32)20-9-11-21(12-10-20)27-15-24(23-13-25(33-2)16-26(14-23)34-3)17-31-18-28(30-29(27)31)22-7-5-4-6-8-22/h4-18H,1-3H3. The minimum atomic E-state index is 0.0427. The minimum absolute atomic E-state index is 0.0427. The summed E-state index contributed by atoms with van der Waals surface area (Å²) in [6.07, 6.45) is 4.11. The van der Waals surface area contributed by atoms with Gasteiger partial charge in [-0.25, -0.2) is 4.98 Å². The van der Waals surface area contributed by atoms with Crippen molar-refractivity contribution in [3.8, 4) is 45.0 Å². The number of ketones is 1. The Morgan fingerprint density at radius 3 is 2.03 bits per heavy atom. The van der Waals surface area contributed by atoms with Gasteiger partial charge in [-0.15, -0.1) is 0 Å². The van der Waals surface area contributed by atoms with Crippen LogP contribution >= 0.6 is 0 Å². The van der Waals surface area contributed by atoms with Gasteiger partial charge in [0.25, 0.3) is 0 Å². The normalized spacial score (nSPS) is 10.9. The first kappa shape index (κ1) is 21.5. The maximum Gasteiger partial charge on any atom is 0.159 e. The van der Waals surface area contributed by atoms with E-state index >= 15 is 0 Å². The average molecular weight is 449 g/mol. The highest BCUT2D eigenvalue weighted by atomic mass is 16.5. The van der Waals surface area contributed by atoms with Crippen LogP contribution in [0.3, 0.4) is 0 Å². The molecular weight excluding hydrogens is 424 g/mol. The number of imidazole rings is 1. The predicted molar refractivity (Wildman–Crippen MR) is 135 cm³/mol. The first-order valence-corrected chi connectivity index (χ1v) is 11.0. The summed E-state index contributed by atoms with van der Waals surface area (Å²) >= 11 is 0.